The van der Waals surface area contributed by atoms with Crippen LogP contribution < -0.4 is 5.32 Å². The van der Waals surface area contributed by atoms with E-state index < -0.39 is 0 Å². The molecule has 0 saturated carbocycles. The Balaban J connectivity index is 1.54. The Bertz CT molecular complexity index is 255. The van der Waals surface area contributed by atoms with Gasteiger partial charge in [-0.25, -0.2) is 0 Å². The molecule has 3 rings (SSSR count). The number of fused-ring (bicyclic) bond motifs is 2. The zero-order valence-electron chi connectivity index (χ0n) is 11.4. The normalized spacial score (nSPS) is 41.2. The molecule has 18 heavy (non-hydrogen) atoms. The minimum Gasteiger partial charge on any atom is -0.314 e. The molecule has 0 amide bonds. The minimum absolute atomic E-state index is 0.803. The first-order chi connectivity index (χ1) is 8.86. The van der Waals surface area contributed by atoms with Crippen LogP contribution >= 0.6 is 23.5 Å². The Kier molecular flexibility index (Phi) is 4.82. The van der Waals surface area contributed by atoms with E-state index in [4.69, 9.17) is 0 Å². The third-order valence-corrected chi connectivity index (χ3v) is 7.50. The number of nitrogens with zero attached hydrogens (tertiary/aromatic N) is 1. The van der Waals surface area contributed by atoms with Gasteiger partial charge in [0.2, 0.25) is 0 Å². The van der Waals surface area contributed by atoms with Gasteiger partial charge < -0.3 is 5.32 Å². The van der Waals surface area contributed by atoms with Crippen LogP contribution in [0.1, 0.15) is 32.6 Å². The van der Waals surface area contributed by atoms with Gasteiger partial charge in [-0.05, 0) is 32.2 Å². The van der Waals surface area contributed by atoms with E-state index in [0.29, 0.717) is 0 Å². The highest BCUT2D eigenvalue weighted by atomic mass is 32.2. The van der Waals surface area contributed by atoms with Gasteiger partial charge in [0.1, 0.15) is 0 Å². The molecule has 0 aromatic heterocycles. The monoisotopic (exact) mass is 286 g/mol. The molecule has 3 saturated heterocycles. The lowest BCUT2D eigenvalue weighted by Crippen LogP contribution is -2.51. The lowest BCUT2D eigenvalue weighted by Gasteiger charge is -2.41. The van der Waals surface area contributed by atoms with Gasteiger partial charge in [0, 0.05) is 47.2 Å². The van der Waals surface area contributed by atoms with Gasteiger partial charge in [-0.15, -0.1) is 0 Å². The summed E-state index contributed by atoms with van der Waals surface area (Å²) in [7, 11) is 0. The molecule has 104 valence electrons. The van der Waals surface area contributed by atoms with Crippen molar-refractivity contribution in [1.82, 2.24) is 10.2 Å². The molecule has 3 fully saturated rings. The summed E-state index contributed by atoms with van der Waals surface area (Å²) in [5.74, 6) is 4.13. The average molecular weight is 287 g/mol. The van der Waals surface area contributed by atoms with E-state index in [0.717, 1.165) is 29.9 Å². The molecule has 2 nitrogen and oxygen atoms in total. The predicted octanol–water partition coefficient (Wildman–Crippen LogP) is 2.44. The molecule has 3 heterocycles. The number of nitrogens with one attached hydrogen (secondary N) is 1. The second-order valence-electron chi connectivity index (χ2n) is 5.88. The Labute approximate surface area is 120 Å². The van der Waals surface area contributed by atoms with E-state index in [-0.39, 0.29) is 0 Å². The molecular weight excluding hydrogens is 260 g/mol. The number of piperidine rings is 1. The molecule has 1 N–H and O–H groups in total. The molecule has 2 bridgehead atoms. The first kappa shape index (κ1) is 13.6. The van der Waals surface area contributed by atoms with Crippen molar-refractivity contribution in [2.24, 2.45) is 0 Å². The fraction of sp³-hybridized carbons (Fsp3) is 1.00. The van der Waals surface area contributed by atoms with Crippen LogP contribution in [0.4, 0.5) is 0 Å². The Morgan fingerprint density at radius 2 is 1.94 bits per heavy atom. The van der Waals surface area contributed by atoms with Crippen LogP contribution in [0.2, 0.25) is 0 Å². The molecule has 0 spiro atoms. The van der Waals surface area contributed by atoms with E-state index in [2.05, 4.69) is 40.7 Å². The summed E-state index contributed by atoms with van der Waals surface area (Å²) in [5.41, 5.74) is 0. The van der Waals surface area contributed by atoms with Crippen molar-refractivity contribution in [2.45, 2.75) is 56.0 Å². The van der Waals surface area contributed by atoms with Crippen molar-refractivity contribution in [2.75, 3.05) is 30.3 Å². The van der Waals surface area contributed by atoms with Crippen LogP contribution in [0.15, 0.2) is 0 Å². The summed E-state index contributed by atoms with van der Waals surface area (Å²) in [5, 5.41) is 4.58. The van der Waals surface area contributed by atoms with Crippen LogP contribution in [-0.4, -0.2) is 58.6 Å². The summed E-state index contributed by atoms with van der Waals surface area (Å²) in [6, 6.07) is 2.58. The van der Waals surface area contributed by atoms with Gasteiger partial charge in [-0.2, -0.15) is 23.5 Å². The highest BCUT2D eigenvalue weighted by Crippen LogP contribution is 2.37. The van der Waals surface area contributed by atoms with Crippen molar-refractivity contribution in [1.29, 1.82) is 0 Å². The molecule has 0 radical (unpaired) electrons. The smallest absolute Gasteiger partial charge is 0.0266 e. The first-order valence-corrected chi connectivity index (χ1v) is 9.75. The molecule has 0 aromatic rings. The van der Waals surface area contributed by atoms with E-state index in [1.165, 1.54) is 49.5 Å². The van der Waals surface area contributed by atoms with Crippen LogP contribution in [-0.2, 0) is 0 Å². The average Bonchev–Trinajstić information content (AvgIpc) is 2.63. The van der Waals surface area contributed by atoms with Crippen molar-refractivity contribution < 1.29 is 0 Å². The molecule has 0 aliphatic carbocycles. The van der Waals surface area contributed by atoms with Gasteiger partial charge in [0.05, 0.1) is 0 Å². The molecule has 0 aromatic carbocycles. The highest BCUT2D eigenvalue weighted by Gasteiger charge is 2.41. The van der Waals surface area contributed by atoms with E-state index in [1.807, 2.05) is 0 Å². The number of rotatable bonds is 4. The van der Waals surface area contributed by atoms with Crippen LogP contribution in [0.3, 0.4) is 0 Å². The quantitative estimate of drug-likeness (QED) is 0.853. The third kappa shape index (κ3) is 3.02. The number of thioether (sulfide) groups is 2. The first-order valence-electron chi connectivity index (χ1n) is 7.55. The maximum absolute atomic E-state index is 3.67. The van der Waals surface area contributed by atoms with Gasteiger partial charge in [0.25, 0.3) is 0 Å². The van der Waals surface area contributed by atoms with Gasteiger partial charge in [-0.1, -0.05) is 6.92 Å². The second-order valence-corrected chi connectivity index (χ2v) is 8.43. The fourth-order valence-electron chi connectivity index (χ4n) is 3.90. The molecule has 3 unspecified atom stereocenters. The van der Waals surface area contributed by atoms with Crippen molar-refractivity contribution >= 4 is 23.5 Å². The topological polar surface area (TPSA) is 15.3 Å². The maximum atomic E-state index is 3.67. The summed E-state index contributed by atoms with van der Waals surface area (Å²) >= 11 is 4.38. The molecule has 3 aliphatic rings. The zero-order chi connectivity index (χ0) is 12.4. The Hall–Kier alpha value is 0.620. The lowest BCUT2D eigenvalue weighted by molar-refractivity contribution is 0.119. The standard InChI is InChI=1S/C14H26N2S2/c1-2-15-11-7-12-3-4-13(8-11)16(12)9-14-10-17-5-6-18-14/h11-15H,2-10H2,1H3. The highest BCUT2D eigenvalue weighted by molar-refractivity contribution is 8.06. The fourth-order valence-corrected chi connectivity index (χ4v) is 6.58. The molecular formula is C14H26N2S2. The summed E-state index contributed by atoms with van der Waals surface area (Å²) in [6.45, 7) is 4.75. The maximum Gasteiger partial charge on any atom is 0.0266 e. The second kappa shape index (κ2) is 6.38. The predicted molar refractivity (Wildman–Crippen MR) is 83.8 cm³/mol. The van der Waals surface area contributed by atoms with E-state index >= 15 is 0 Å². The van der Waals surface area contributed by atoms with Gasteiger partial charge >= 0.3 is 0 Å². The van der Waals surface area contributed by atoms with Gasteiger partial charge in [-0.3, -0.25) is 4.90 Å². The summed E-state index contributed by atoms with van der Waals surface area (Å²) in [6.07, 6.45) is 5.71. The van der Waals surface area contributed by atoms with E-state index in [9.17, 15) is 0 Å². The van der Waals surface area contributed by atoms with Crippen molar-refractivity contribution in [3.8, 4) is 0 Å². The summed E-state index contributed by atoms with van der Waals surface area (Å²) in [4.78, 5) is 2.87. The lowest BCUT2D eigenvalue weighted by atomic mass is 9.97. The number of hydrogen-bond donors (Lipinski definition) is 1. The summed E-state index contributed by atoms with van der Waals surface area (Å²) < 4.78 is 0. The largest absolute Gasteiger partial charge is 0.314 e. The van der Waals surface area contributed by atoms with Gasteiger partial charge in [0.15, 0.2) is 0 Å². The third-order valence-electron chi connectivity index (χ3n) is 4.68. The SMILES string of the molecule is CCNC1CC2CCC(C1)N2CC1CSCCS1. The molecule has 3 atom stereocenters. The zero-order valence-corrected chi connectivity index (χ0v) is 13.1. The number of hydrogen-bond acceptors (Lipinski definition) is 4. The Morgan fingerprint density at radius 3 is 2.56 bits per heavy atom. The van der Waals surface area contributed by atoms with E-state index in [1.54, 1.807) is 0 Å². The van der Waals surface area contributed by atoms with Crippen LogP contribution in [0.25, 0.3) is 0 Å². The van der Waals surface area contributed by atoms with Crippen LogP contribution in [0, 0.1) is 0 Å². The van der Waals surface area contributed by atoms with Crippen LogP contribution in [0.5, 0.6) is 0 Å². The Morgan fingerprint density at radius 1 is 1.17 bits per heavy atom. The van der Waals surface area contributed by atoms with Crippen molar-refractivity contribution in [3.63, 3.8) is 0 Å². The van der Waals surface area contributed by atoms with Crippen molar-refractivity contribution in [3.05, 3.63) is 0 Å². The molecule has 4 heteroatoms. The molecule has 3 aliphatic heterocycles. The minimum atomic E-state index is 0.803.